The molecule has 0 saturated heterocycles. The molecule has 0 radical (unpaired) electrons. The SMILES string of the molecule is C[C@H](NC(=O)Nc1ccc(C#N)cc1)[C@@H](O)c1ccc(F)cc1. The molecular formula is C17H16FN3O2. The van der Waals surface area contributed by atoms with Gasteiger partial charge in [-0.15, -0.1) is 0 Å². The van der Waals surface area contributed by atoms with Crippen molar-refractivity contribution in [2.75, 3.05) is 5.32 Å². The Morgan fingerprint density at radius 2 is 1.78 bits per heavy atom. The fraction of sp³-hybridized carbons (Fsp3) is 0.176. The van der Waals surface area contributed by atoms with Crippen LogP contribution in [0.4, 0.5) is 14.9 Å². The second-order valence-corrected chi connectivity index (χ2v) is 5.07. The molecule has 0 aromatic heterocycles. The zero-order valence-corrected chi connectivity index (χ0v) is 12.5. The first-order valence-electron chi connectivity index (χ1n) is 7.01. The number of urea groups is 1. The highest BCUT2D eigenvalue weighted by Gasteiger charge is 2.18. The van der Waals surface area contributed by atoms with Crippen LogP contribution in [0.3, 0.4) is 0 Å². The third-order valence-electron chi connectivity index (χ3n) is 3.32. The molecule has 0 aliphatic rings. The van der Waals surface area contributed by atoms with Gasteiger partial charge < -0.3 is 15.7 Å². The Morgan fingerprint density at radius 3 is 2.35 bits per heavy atom. The summed E-state index contributed by atoms with van der Waals surface area (Å²) in [4.78, 5) is 11.9. The quantitative estimate of drug-likeness (QED) is 0.811. The summed E-state index contributed by atoms with van der Waals surface area (Å²) in [6, 6.07) is 12.8. The Balaban J connectivity index is 1.93. The molecule has 0 heterocycles. The number of carbonyl (C=O) groups is 1. The molecule has 5 nitrogen and oxygen atoms in total. The molecule has 2 aromatic rings. The highest BCUT2D eigenvalue weighted by molar-refractivity contribution is 5.89. The molecule has 0 fully saturated rings. The normalized spacial score (nSPS) is 12.8. The van der Waals surface area contributed by atoms with Crippen LogP contribution in [0.1, 0.15) is 24.2 Å². The van der Waals surface area contributed by atoms with Crippen LogP contribution < -0.4 is 10.6 Å². The summed E-state index contributed by atoms with van der Waals surface area (Å²) in [5.41, 5.74) is 1.54. The zero-order chi connectivity index (χ0) is 16.8. The first kappa shape index (κ1) is 16.5. The third-order valence-corrected chi connectivity index (χ3v) is 3.32. The number of nitrogens with one attached hydrogen (secondary N) is 2. The van der Waals surface area contributed by atoms with E-state index in [0.717, 1.165) is 0 Å². The van der Waals surface area contributed by atoms with E-state index in [1.54, 1.807) is 31.2 Å². The fourth-order valence-electron chi connectivity index (χ4n) is 2.03. The van der Waals surface area contributed by atoms with Gasteiger partial charge in [-0.1, -0.05) is 12.1 Å². The van der Waals surface area contributed by atoms with E-state index in [0.29, 0.717) is 16.8 Å². The van der Waals surface area contributed by atoms with E-state index in [2.05, 4.69) is 10.6 Å². The summed E-state index contributed by atoms with van der Waals surface area (Å²) in [6.07, 6.45) is -0.956. The highest BCUT2D eigenvalue weighted by atomic mass is 19.1. The molecule has 0 aliphatic carbocycles. The summed E-state index contributed by atoms with van der Waals surface area (Å²) in [5.74, 6) is -0.389. The Bertz CT molecular complexity index is 708. The second kappa shape index (κ2) is 7.38. The van der Waals surface area contributed by atoms with Gasteiger partial charge in [0.15, 0.2) is 0 Å². The lowest BCUT2D eigenvalue weighted by molar-refractivity contribution is 0.139. The van der Waals surface area contributed by atoms with Gasteiger partial charge in [0, 0.05) is 5.69 Å². The van der Waals surface area contributed by atoms with Gasteiger partial charge in [-0.25, -0.2) is 9.18 Å². The highest BCUT2D eigenvalue weighted by Crippen LogP contribution is 2.17. The summed E-state index contributed by atoms with van der Waals surface area (Å²) in [7, 11) is 0. The number of anilines is 1. The van der Waals surface area contributed by atoms with E-state index in [9.17, 15) is 14.3 Å². The van der Waals surface area contributed by atoms with Crippen molar-refractivity contribution < 1.29 is 14.3 Å². The molecule has 3 N–H and O–H groups in total. The number of aliphatic hydroxyl groups is 1. The maximum atomic E-state index is 12.9. The Labute approximate surface area is 133 Å². The van der Waals surface area contributed by atoms with E-state index in [1.807, 2.05) is 6.07 Å². The molecule has 2 aromatic carbocycles. The summed E-state index contributed by atoms with van der Waals surface area (Å²) in [6.45, 7) is 1.65. The molecule has 23 heavy (non-hydrogen) atoms. The molecule has 2 atom stereocenters. The minimum atomic E-state index is -0.956. The number of amides is 2. The van der Waals surface area contributed by atoms with Crippen molar-refractivity contribution in [3.63, 3.8) is 0 Å². The zero-order valence-electron chi connectivity index (χ0n) is 12.5. The first-order chi connectivity index (χ1) is 11.0. The first-order valence-corrected chi connectivity index (χ1v) is 7.01. The molecule has 0 aliphatic heterocycles. The van der Waals surface area contributed by atoms with Crippen LogP contribution in [-0.4, -0.2) is 17.2 Å². The van der Waals surface area contributed by atoms with Gasteiger partial charge in [0.1, 0.15) is 5.82 Å². The standard InChI is InChI=1S/C17H16FN3O2/c1-11(16(22)13-4-6-14(18)7-5-13)20-17(23)21-15-8-2-12(10-19)3-9-15/h2-9,11,16,22H,1H3,(H2,20,21,23)/t11-,16+/m0/s1. The Morgan fingerprint density at radius 1 is 1.17 bits per heavy atom. The van der Waals surface area contributed by atoms with Crippen LogP contribution in [0.15, 0.2) is 48.5 Å². The Hall–Kier alpha value is -2.91. The van der Waals surface area contributed by atoms with E-state index < -0.39 is 18.2 Å². The minimum Gasteiger partial charge on any atom is -0.386 e. The fourth-order valence-corrected chi connectivity index (χ4v) is 2.03. The molecule has 0 saturated carbocycles. The number of rotatable bonds is 4. The molecule has 2 rings (SSSR count). The molecule has 0 unspecified atom stereocenters. The lowest BCUT2D eigenvalue weighted by Crippen LogP contribution is -2.39. The van der Waals surface area contributed by atoms with E-state index in [4.69, 9.17) is 5.26 Å². The van der Waals surface area contributed by atoms with Crippen molar-refractivity contribution in [3.8, 4) is 6.07 Å². The lowest BCUT2D eigenvalue weighted by atomic mass is 10.0. The number of carbonyl (C=O) groups excluding carboxylic acids is 1. The van der Waals surface area contributed by atoms with Crippen LogP contribution in [0, 0.1) is 17.1 Å². The number of benzene rings is 2. The summed E-state index contributed by atoms with van der Waals surface area (Å²) < 4.78 is 12.9. The number of halogens is 1. The number of nitrogens with zero attached hydrogens (tertiary/aromatic N) is 1. The topological polar surface area (TPSA) is 85.2 Å². The average molecular weight is 313 g/mol. The molecule has 6 heteroatoms. The third kappa shape index (κ3) is 4.53. The summed E-state index contributed by atoms with van der Waals surface area (Å²) in [5, 5.41) is 24.1. The molecule has 118 valence electrons. The number of hydrogen-bond donors (Lipinski definition) is 3. The molecule has 2 amide bonds. The van der Waals surface area contributed by atoms with Gasteiger partial charge in [0.2, 0.25) is 0 Å². The maximum Gasteiger partial charge on any atom is 0.319 e. The summed E-state index contributed by atoms with van der Waals surface area (Å²) >= 11 is 0. The van der Waals surface area contributed by atoms with Gasteiger partial charge >= 0.3 is 6.03 Å². The minimum absolute atomic E-state index is 0.389. The van der Waals surface area contributed by atoms with Crippen molar-refractivity contribution in [2.24, 2.45) is 0 Å². The number of aliphatic hydroxyl groups excluding tert-OH is 1. The maximum absolute atomic E-state index is 12.9. The van der Waals surface area contributed by atoms with Crippen LogP contribution in [-0.2, 0) is 0 Å². The monoisotopic (exact) mass is 313 g/mol. The van der Waals surface area contributed by atoms with Gasteiger partial charge in [0.25, 0.3) is 0 Å². The van der Waals surface area contributed by atoms with Crippen LogP contribution in [0.5, 0.6) is 0 Å². The van der Waals surface area contributed by atoms with Crippen molar-refractivity contribution in [1.82, 2.24) is 5.32 Å². The van der Waals surface area contributed by atoms with Crippen molar-refractivity contribution >= 4 is 11.7 Å². The predicted octanol–water partition coefficient (Wildman–Crippen LogP) is 2.94. The van der Waals surface area contributed by atoms with E-state index in [-0.39, 0.29) is 5.82 Å². The number of hydrogen-bond acceptors (Lipinski definition) is 3. The van der Waals surface area contributed by atoms with E-state index >= 15 is 0 Å². The average Bonchev–Trinajstić information content (AvgIpc) is 2.55. The molecule has 0 spiro atoms. The molecular weight excluding hydrogens is 297 g/mol. The van der Waals surface area contributed by atoms with Crippen molar-refractivity contribution in [3.05, 3.63) is 65.5 Å². The van der Waals surface area contributed by atoms with Crippen LogP contribution >= 0.6 is 0 Å². The number of nitriles is 1. The van der Waals surface area contributed by atoms with Crippen molar-refractivity contribution in [2.45, 2.75) is 19.1 Å². The van der Waals surface area contributed by atoms with Gasteiger partial charge in [-0.2, -0.15) is 5.26 Å². The van der Waals surface area contributed by atoms with Crippen molar-refractivity contribution in [1.29, 1.82) is 5.26 Å². The lowest BCUT2D eigenvalue weighted by Gasteiger charge is -2.21. The Kier molecular flexibility index (Phi) is 5.28. The smallest absolute Gasteiger partial charge is 0.319 e. The predicted molar refractivity (Wildman–Crippen MR) is 84.1 cm³/mol. The van der Waals surface area contributed by atoms with Gasteiger partial charge in [-0.3, -0.25) is 0 Å². The van der Waals surface area contributed by atoms with Gasteiger partial charge in [0.05, 0.1) is 23.8 Å². The second-order valence-electron chi connectivity index (χ2n) is 5.07. The van der Waals surface area contributed by atoms with Gasteiger partial charge in [-0.05, 0) is 48.9 Å². The van der Waals surface area contributed by atoms with Crippen LogP contribution in [0.25, 0.3) is 0 Å². The molecule has 0 bridgehead atoms. The van der Waals surface area contributed by atoms with Crippen LogP contribution in [0.2, 0.25) is 0 Å². The van der Waals surface area contributed by atoms with E-state index in [1.165, 1.54) is 24.3 Å². The largest absolute Gasteiger partial charge is 0.386 e.